The van der Waals surface area contributed by atoms with Crippen LogP contribution in [0.5, 0.6) is 0 Å². The fourth-order valence-corrected chi connectivity index (χ4v) is 13.1. The molecule has 11 amide bonds. The second-order valence-electron chi connectivity index (χ2n) is 26.3. The van der Waals surface area contributed by atoms with Gasteiger partial charge < -0.3 is 54.7 Å². The first-order valence-electron chi connectivity index (χ1n) is 31.9. The molecule has 1 aromatic rings. The molecule has 5 rings (SSSR count). The standard InChI is InChI=1S/C64H99ClF3N11O11/c1-15-39(2)54-60(88)73(9)37-52(82)71(7)38-53(83)76(12)49(35-42-23-18-16-19-24-42)58(86)72(8)36-50(80)69-47(31-29-43-28-30-45(46(65)34-43)64(66,67)68)57(85)79-32-22-27-48(79)59(87)78(14)63(5,6)62(90)77(13)55(44-25-20-17-21-26-44)61(89)74(10)40(3)33-51(81)75(11)41(4)56(84)70-54/h28,30,34,39-42,44,47-49,54-55H,15-27,29,31-33,35-38H2,1-14H3,(H,69,80)(H,70,84)/t39-,40+,41-,47-,48-,49-,54-,55-/m0/s1. The number of amides is 11. The van der Waals surface area contributed by atoms with Crippen LogP contribution in [-0.4, -0.2) is 239 Å². The zero-order valence-electron chi connectivity index (χ0n) is 55.4. The maximum Gasteiger partial charge on any atom is 0.417 e. The maximum atomic E-state index is 15.1. The van der Waals surface area contributed by atoms with Gasteiger partial charge in [-0.2, -0.15) is 13.2 Å². The highest BCUT2D eigenvalue weighted by molar-refractivity contribution is 6.31. The van der Waals surface area contributed by atoms with Crippen molar-refractivity contribution in [2.24, 2.45) is 17.8 Å². The third-order valence-electron chi connectivity index (χ3n) is 19.6. The van der Waals surface area contributed by atoms with Gasteiger partial charge in [0.05, 0.1) is 30.2 Å². The van der Waals surface area contributed by atoms with Gasteiger partial charge in [-0.3, -0.25) is 52.7 Å². The summed E-state index contributed by atoms with van der Waals surface area (Å²) in [5, 5.41) is 4.98. The van der Waals surface area contributed by atoms with Gasteiger partial charge in [0.2, 0.25) is 65.0 Å². The van der Waals surface area contributed by atoms with E-state index in [1.165, 1.54) is 91.7 Å². The predicted octanol–water partition coefficient (Wildman–Crippen LogP) is 5.21. The Bertz CT molecular complexity index is 2780. The summed E-state index contributed by atoms with van der Waals surface area (Å²) in [5.74, 6) is -7.43. The largest absolute Gasteiger partial charge is 0.417 e. The number of aryl methyl sites for hydroxylation is 1. The fourth-order valence-electron chi connectivity index (χ4n) is 12.8. The molecule has 0 bridgehead atoms. The second-order valence-corrected chi connectivity index (χ2v) is 26.7. The van der Waals surface area contributed by atoms with E-state index in [9.17, 15) is 56.3 Å². The number of benzene rings is 1. The normalized spacial score (nSPS) is 26.9. The van der Waals surface area contributed by atoms with Gasteiger partial charge in [-0.1, -0.05) is 89.3 Å². The van der Waals surface area contributed by atoms with Crippen molar-refractivity contribution in [2.75, 3.05) is 82.6 Å². The highest BCUT2D eigenvalue weighted by Gasteiger charge is 2.48. The molecule has 0 aromatic heterocycles. The zero-order valence-corrected chi connectivity index (χ0v) is 56.1. The van der Waals surface area contributed by atoms with Gasteiger partial charge in [-0.05, 0) is 108 Å². The molecule has 2 aliphatic carbocycles. The maximum absolute atomic E-state index is 15.1. The highest BCUT2D eigenvalue weighted by atomic mass is 35.5. The van der Waals surface area contributed by atoms with Crippen LogP contribution in [0.25, 0.3) is 0 Å². The number of likely N-dealkylation sites (N-methyl/N-ethyl adjacent to an activating group) is 8. The summed E-state index contributed by atoms with van der Waals surface area (Å²) in [6.45, 7) is 8.32. The predicted molar refractivity (Wildman–Crippen MR) is 333 cm³/mol. The van der Waals surface area contributed by atoms with Crippen molar-refractivity contribution < 1.29 is 65.9 Å². The van der Waals surface area contributed by atoms with Gasteiger partial charge in [0, 0.05) is 75.4 Å². The van der Waals surface area contributed by atoms with Gasteiger partial charge in [-0.25, -0.2) is 0 Å². The zero-order chi connectivity index (χ0) is 67.4. The average molecular weight is 1290 g/mol. The summed E-state index contributed by atoms with van der Waals surface area (Å²) in [6, 6.07) is -4.49. The summed E-state index contributed by atoms with van der Waals surface area (Å²) in [7, 11) is 11.5. The first-order valence-corrected chi connectivity index (χ1v) is 32.3. The van der Waals surface area contributed by atoms with Crippen LogP contribution in [-0.2, 0) is 65.3 Å². The number of alkyl halides is 3. The Morgan fingerprint density at radius 3 is 1.82 bits per heavy atom. The minimum Gasteiger partial charge on any atom is -0.343 e. The Hall–Kier alpha value is -6.53. The third-order valence-corrected chi connectivity index (χ3v) is 19.9. The molecule has 1 aromatic carbocycles. The van der Waals surface area contributed by atoms with Gasteiger partial charge >= 0.3 is 6.18 Å². The molecule has 504 valence electrons. The molecule has 2 N–H and O–H groups in total. The van der Waals surface area contributed by atoms with Gasteiger partial charge in [0.25, 0.3) is 0 Å². The van der Waals surface area contributed by atoms with Crippen molar-refractivity contribution in [3.63, 3.8) is 0 Å². The van der Waals surface area contributed by atoms with Crippen LogP contribution in [0.3, 0.4) is 0 Å². The van der Waals surface area contributed by atoms with Gasteiger partial charge in [0.15, 0.2) is 0 Å². The molecule has 22 nitrogen and oxygen atoms in total. The van der Waals surface area contributed by atoms with Crippen molar-refractivity contribution in [1.29, 1.82) is 0 Å². The molecule has 2 saturated carbocycles. The molecule has 2 heterocycles. The first kappa shape index (κ1) is 74.2. The number of nitrogens with zero attached hydrogens (tertiary/aromatic N) is 9. The Morgan fingerprint density at radius 2 is 1.23 bits per heavy atom. The monoisotopic (exact) mass is 1290 g/mol. The lowest BCUT2D eigenvalue weighted by Gasteiger charge is -2.44. The van der Waals surface area contributed by atoms with Crippen molar-refractivity contribution in [3.8, 4) is 0 Å². The first-order chi connectivity index (χ1) is 42.0. The van der Waals surface area contributed by atoms with E-state index in [0.29, 0.717) is 31.2 Å². The van der Waals surface area contributed by atoms with Crippen molar-refractivity contribution in [3.05, 3.63) is 34.3 Å². The van der Waals surface area contributed by atoms with Gasteiger partial charge in [-0.15, -0.1) is 0 Å². The van der Waals surface area contributed by atoms with E-state index >= 15 is 9.59 Å². The smallest absolute Gasteiger partial charge is 0.343 e. The summed E-state index contributed by atoms with van der Waals surface area (Å²) in [6.07, 6.45) is 4.13. The number of hydrogen-bond acceptors (Lipinski definition) is 11. The summed E-state index contributed by atoms with van der Waals surface area (Å²) < 4.78 is 41.3. The van der Waals surface area contributed by atoms with E-state index in [0.717, 1.165) is 78.2 Å². The minimum atomic E-state index is -4.75. The van der Waals surface area contributed by atoms with Gasteiger partial charge in [0.1, 0.15) is 41.8 Å². The molecule has 8 atom stereocenters. The Morgan fingerprint density at radius 1 is 0.644 bits per heavy atom. The number of hydrogen-bond donors (Lipinski definition) is 2. The lowest BCUT2D eigenvalue weighted by atomic mass is 9.82. The molecule has 0 radical (unpaired) electrons. The van der Waals surface area contributed by atoms with Crippen LogP contribution in [0.4, 0.5) is 13.2 Å². The molecule has 2 aliphatic heterocycles. The average Bonchev–Trinajstić information content (AvgIpc) is 1.27. The number of rotatable bonds is 8. The summed E-state index contributed by atoms with van der Waals surface area (Å²) in [5.41, 5.74) is -2.39. The quantitative estimate of drug-likeness (QED) is 0.342. The highest BCUT2D eigenvalue weighted by Crippen LogP contribution is 2.37. The van der Waals surface area contributed by atoms with E-state index in [2.05, 4.69) is 10.6 Å². The molecule has 4 fully saturated rings. The van der Waals surface area contributed by atoms with E-state index in [-0.39, 0.29) is 50.5 Å². The lowest BCUT2D eigenvalue weighted by molar-refractivity contribution is -0.159. The summed E-state index contributed by atoms with van der Waals surface area (Å²) >= 11 is 6.12. The van der Waals surface area contributed by atoms with Crippen LogP contribution < -0.4 is 10.6 Å². The molecular formula is C64H99ClF3N11O11. The van der Waals surface area contributed by atoms with E-state index in [4.69, 9.17) is 11.6 Å². The van der Waals surface area contributed by atoms with Crippen molar-refractivity contribution in [2.45, 2.75) is 205 Å². The van der Waals surface area contributed by atoms with Crippen LogP contribution in [0.1, 0.15) is 155 Å². The Labute approximate surface area is 534 Å². The van der Waals surface area contributed by atoms with Crippen molar-refractivity contribution >= 4 is 76.6 Å². The minimum absolute atomic E-state index is 0.0340. The third kappa shape index (κ3) is 18.4. The van der Waals surface area contributed by atoms with Crippen LogP contribution in [0, 0.1) is 17.8 Å². The molecule has 0 unspecified atom stereocenters. The molecule has 26 heteroatoms. The molecule has 2 saturated heterocycles. The van der Waals surface area contributed by atoms with E-state index < -0.39 is 155 Å². The van der Waals surface area contributed by atoms with Crippen LogP contribution in [0.15, 0.2) is 18.2 Å². The number of nitrogens with one attached hydrogen (secondary N) is 2. The SMILES string of the molecule is CC[C@H](C)[C@@H]1NC(=O)[C@H](C)N(C)C(=O)C[C@@H](C)N(C)C(=O)[C@H](C2CCCCC2)N(C)C(=O)C(C)(C)N(C)C(=O)[C@@H]2CCCN2C(=O)[C@H](CCc2ccc(C(F)(F)F)c(Cl)c2)NC(=O)CN(C)C(=O)[C@H](CC2CCCCC2)N(C)C(=O)CN(C)C(=O)CN(C)C1=O. The lowest BCUT2D eigenvalue weighted by Crippen LogP contribution is -2.64. The topological polar surface area (TPSA) is 241 Å². The van der Waals surface area contributed by atoms with E-state index in [1.54, 1.807) is 34.7 Å². The van der Waals surface area contributed by atoms with Crippen LogP contribution in [0.2, 0.25) is 5.02 Å². The second kappa shape index (κ2) is 32.2. The Kier molecular flexibility index (Phi) is 26.5. The molecular weight excluding hydrogens is 1190 g/mol. The number of fused-ring (bicyclic) bond motifs is 1. The number of carbonyl (C=O) groups is 11. The number of carbonyl (C=O) groups excluding carboxylic acids is 11. The van der Waals surface area contributed by atoms with Crippen molar-refractivity contribution in [1.82, 2.24) is 54.7 Å². The number of halogens is 4. The molecule has 4 aliphatic rings. The Balaban J connectivity index is 1.55. The fraction of sp³-hybridized carbons (Fsp3) is 0.734. The van der Waals surface area contributed by atoms with E-state index in [1.807, 2.05) is 6.92 Å². The molecule has 0 spiro atoms. The summed E-state index contributed by atoms with van der Waals surface area (Å²) in [4.78, 5) is 171. The molecule has 90 heavy (non-hydrogen) atoms. The van der Waals surface area contributed by atoms with Crippen LogP contribution >= 0.6 is 11.6 Å².